The Bertz CT molecular complexity index is 165. The number of likely N-dealkylation sites (N-methyl/N-ethyl adjacent to an activating group) is 1. The predicted molar refractivity (Wildman–Crippen MR) is 57.7 cm³/mol. The third-order valence-electron chi connectivity index (χ3n) is 3.85. The first-order valence-corrected chi connectivity index (χ1v) is 5.47. The highest BCUT2D eigenvalue weighted by atomic mass is 15.2. The van der Waals surface area contributed by atoms with E-state index in [2.05, 4.69) is 32.7 Å². The van der Waals surface area contributed by atoms with Gasteiger partial charge in [-0.1, -0.05) is 13.3 Å². The fourth-order valence-corrected chi connectivity index (χ4v) is 2.15. The van der Waals surface area contributed by atoms with Crippen molar-refractivity contribution in [1.82, 2.24) is 4.90 Å². The van der Waals surface area contributed by atoms with E-state index in [-0.39, 0.29) is 0 Å². The van der Waals surface area contributed by atoms with Crippen molar-refractivity contribution in [3.05, 3.63) is 0 Å². The molecule has 0 amide bonds. The van der Waals surface area contributed by atoms with Gasteiger partial charge in [-0.25, -0.2) is 0 Å². The van der Waals surface area contributed by atoms with Gasteiger partial charge in [0.1, 0.15) is 0 Å². The summed E-state index contributed by atoms with van der Waals surface area (Å²) in [6.07, 6.45) is 4.97. The van der Waals surface area contributed by atoms with Crippen LogP contribution in [0.3, 0.4) is 0 Å². The largest absolute Gasteiger partial charge is 0.326 e. The minimum absolute atomic E-state index is 0.298. The lowest BCUT2D eigenvalue weighted by molar-refractivity contribution is 0.0917. The maximum absolute atomic E-state index is 6.09. The first kappa shape index (κ1) is 11.0. The molecular formula is C11H24N2. The summed E-state index contributed by atoms with van der Waals surface area (Å²) in [5.41, 5.74) is 6.39. The van der Waals surface area contributed by atoms with Gasteiger partial charge in [-0.05, 0) is 40.2 Å². The summed E-state index contributed by atoms with van der Waals surface area (Å²) < 4.78 is 0. The van der Waals surface area contributed by atoms with Crippen LogP contribution >= 0.6 is 0 Å². The maximum Gasteiger partial charge on any atom is 0.0249 e. The third kappa shape index (κ3) is 2.23. The monoisotopic (exact) mass is 184 g/mol. The van der Waals surface area contributed by atoms with Crippen LogP contribution < -0.4 is 5.73 Å². The highest BCUT2D eigenvalue weighted by Crippen LogP contribution is 2.28. The van der Waals surface area contributed by atoms with Crippen molar-refractivity contribution >= 4 is 0 Å². The molecule has 0 heterocycles. The van der Waals surface area contributed by atoms with Crippen LogP contribution in [0.2, 0.25) is 0 Å². The summed E-state index contributed by atoms with van der Waals surface area (Å²) in [6, 6.07) is 1.01. The zero-order chi connectivity index (χ0) is 10.1. The summed E-state index contributed by atoms with van der Waals surface area (Å²) >= 11 is 0. The van der Waals surface area contributed by atoms with Crippen LogP contribution in [0.4, 0.5) is 0 Å². The molecule has 2 nitrogen and oxygen atoms in total. The van der Waals surface area contributed by atoms with E-state index >= 15 is 0 Å². The van der Waals surface area contributed by atoms with Crippen LogP contribution in [0.1, 0.15) is 46.5 Å². The molecule has 0 bridgehead atoms. The Morgan fingerprint density at radius 2 is 2.00 bits per heavy atom. The molecule has 2 atom stereocenters. The standard InChI is InChI=1S/C11H24N2/c1-5-11(2,3)13(4)10-8-6-7-9(10)12/h9-10H,5-8,12H2,1-4H3. The summed E-state index contributed by atoms with van der Waals surface area (Å²) in [5, 5.41) is 0. The molecule has 78 valence electrons. The molecule has 13 heavy (non-hydrogen) atoms. The van der Waals surface area contributed by atoms with Gasteiger partial charge in [0.15, 0.2) is 0 Å². The Labute approximate surface area is 82.5 Å². The summed E-state index contributed by atoms with van der Waals surface area (Å²) in [4.78, 5) is 2.48. The van der Waals surface area contributed by atoms with Crippen molar-refractivity contribution in [2.24, 2.45) is 5.73 Å². The van der Waals surface area contributed by atoms with Gasteiger partial charge in [-0.2, -0.15) is 0 Å². The van der Waals surface area contributed by atoms with Gasteiger partial charge in [-0.3, -0.25) is 4.90 Å². The van der Waals surface area contributed by atoms with E-state index in [1.165, 1.54) is 25.7 Å². The number of rotatable bonds is 3. The van der Waals surface area contributed by atoms with Crippen LogP contribution in [-0.2, 0) is 0 Å². The molecule has 0 aliphatic heterocycles. The fourth-order valence-electron chi connectivity index (χ4n) is 2.15. The number of hydrogen-bond donors (Lipinski definition) is 1. The van der Waals surface area contributed by atoms with Gasteiger partial charge < -0.3 is 5.73 Å². The molecule has 0 aromatic carbocycles. The molecule has 0 radical (unpaired) electrons. The zero-order valence-electron chi connectivity index (χ0n) is 9.51. The fraction of sp³-hybridized carbons (Fsp3) is 1.00. The Morgan fingerprint density at radius 3 is 2.38 bits per heavy atom. The lowest BCUT2D eigenvalue weighted by Gasteiger charge is -2.41. The average molecular weight is 184 g/mol. The zero-order valence-corrected chi connectivity index (χ0v) is 9.51. The molecule has 2 heteroatoms. The first-order chi connectivity index (χ1) is 5.99. The smallest absolute Gasteiger partial charge is 0.0249 e. The van der Waals surface area contributed by atoms with Crippen LogP contribution in [0, 0.1) is 0 Å². The molecule has 1 aliphatic rings. The molecule has 1 saturated carbocycles. The van der Waals surface area contributed by atoms with Gasteiger partial charge in [0.2, 0.25) is 0 Å². The van der Waals surface area contributed by atoms with E-state index in [4.69, 9.17) is 5.73 Å². The lowest BCUT2D eigenvalue weighted by atomic mass is 9.96. The van der Waals surface area contributed by atoms with Crippen molar-refractivity contribution in [3.8, 4) is 0 Å². The molecule has 1 fully saturated rings. The van der Waals surface area contributed by atoms with E-state index in [1.54, 1.807) is 0 Å². The Morgan fingerprint density at radius 1 is 1.38 bits per heavy atom. The Hall–Kier alpha value is -0.0800. The second-order valence-corrected chi connectivity index (χ2v) is 4.94. The van der Waals surface area contributed by atoms with Gasteiger partial charge in [0, 0.05) is 17.6 Å². The molecular weight excluding hydrogens is 160 g/mol. The quantitative estimate of drug-likeness (QED) is 0.727. The topological polar surface area (TPSA) is 29.3 Å². The molecule has 2 unspecified atom stereocenters. The maximum atomic E-state index is 6.09. The van der Waals surface area contributed by atoms with E-state index in [9.17, 15) is 0 Å². The second-order valence-electron chi connectivity index (χ2n) is 4.94. The molecule has 2 N–H and O–H groups in total. The van der Waals surface area contributed by atoms with Crippen molar-refractivity contribution in [1.29, 1.82) is 0 Å². The highest BCUT2D eigenvalue weighted by Gasteiger charge is 2.34. The van der Waals surface area contributed by atoms with Crippen molar-refractivity contribution in [2.45, 2.75) is 64.1 Å². The summed E-state index contributed by atoms with van der Waals surface area (Å²) in [5.74, 6) is 0. The van der Waals surface area contributed by atoms with E-state index in [0.29, 0.717) is 17.6 Å². The van der Waals surface area contributed by atoms with Crippen molar-refractivity contribution < 1.29 is 0 Å². The lowest BCUT2D eigenvalue weighted by Crippen LogP contribution is -2.52. The normalized spacial score (nSPS) is 30.0. The van der Waals surface area contributed by atoms with Crippen molar-refractivity contribution in [2.75, 3.05) is 7.05 Å². The van der Waals surface area contributed by atoms with Crippen molar-refractivity contribution in [3.63, 3.8) is 0 Å². The molecule has 0 aromatic heterocycles. The Balaban J connectivity index is 2.60. The molecule has 1 rings (SSSR count). The van der Waals surface area contributed by atoms with Gasteiger partial charge >= 0.3 is 0 Å². The SMILES string of the molecule is CCC(C)(C)N(C)C1CCCC1N. The van der Waals surface area contributed by atoms with Gasteiger partial charge in [-0.15, -0.1) is 0 Å². The molecule has 0 aromatic rings. The number of nitrogens with two attached hydrogens (primary N) is 1. The van der Waals surface area contributed by atoms with Crippen LogP contribution in [-0.4, -0.2) is 29.6 Å². The van der Waals surface area contributed by atoms with Crippen LogP contribution in [0.5, 0.6) is 0 Å². The van der Waals surface area contributed by atoms with Crippen LogP contribution in [0.25, 0.3) is 0 Å². The highest BCUT2D eigenvalue weighted by molar-refractivity contribution is 4.92. The molecule has 0 spiro atoms. The predicted octanol–water partition coefficient (Wildman–Crippen LogP) is 1.99. The van der Waals surface area contributed by atoms with Gasteiger partial charge in [0.05, 0.1) is 0 Å². The number of nitrogens with zero attached hydrogens (tertiary/aromatic N) is 1. The summed E-state index contributed by atoms with van der Waals surface area (Å²) in [6.45, 7) is 6.85. The minimum Gasteiger partial charge on any atom is -0.326 e. The summed E-state index contributed by atoms with van der Waals surface area (Å²) in [7, 11) is 2.22. The second kappa shape index (κ2) is 3.97. The molecule has 1 aliphatic carbocycles. The minimum atomic E-state index is 0.298. The van der Waals surface area contributed by atoms with E-state index < -0.39 is 0 Å². The van der Waals surface area contributed by atoms with E-state index in [0.717, 1.165) is 0 Å². The van der Waals surface area contributed by atoms with Gasteiger partial charge in [0.25, 0.3) is 0 Å². The first-order valence-electron chi connectivity index (χ1n) is 5.47. The Kier molecular flexibility index (Phi) is 3.36. The molecule has 0 saturated heterocycles. The number of hydrogen-bond acceptors (Lipinski definition) is 2. The average Bonchev–Trinajstić information content (AvgIpc) is 2.50. The third-order valence-corrected chi connectivity index (χ3v) is 3.85. The van der Waals surface area contributed by atoms with Crippen LogP contribution in [0.15, 0.2) is 0 Å². The van der Waals surface area contributed by atoms with E-state index in [1.807, 2.05) is 0 Å².